The Labute approximate surface area is 203 Å². The third kappa shape index (κ3) is 13.4. The number of carbonyl (C=O) groups is 3. The van der Waals surface area contributed by atoms with Gasteiger partial charge in [0.15, 0.2) is 5.96 Å². The molecule has 1 aromatic carbocycles. The maximum Gasteiger partial charge on any atom is 0.328 e. The number of carbonyl (C=O) groups excluding carboxylic acids is 3. The van der Waals surface area contributed by atoms with E-state index >= 15 is 0 Å². The molecule has 190 valence electrons. The Balaban J connectivity index is 2.73. The van der Waals surface area contributed by atoms with Crippen molar-refractivity contribution in [2.24, 2.45) is 16.5 Å². The predicted molar refractivity (Wildman–Crippen MR) is 134 cm³/mol. The van der Waals surface area contributed by atoms with Crippen LogP contribution in [0.1, 0.15) is 70.8 Å². The first-order valence-electron chi connectivity index (χ1n) is 12.2. The van der Waals surface area contributed by atoms with E-state index < -0.39 is 24.0 Å². The Kier molecular flexibility index (Phi) is 14.8. The maximum absolute atomic E-state index is 13.0. The summed E-state index contributed by atoms with van der Waals surface area (Å²) in [7, 11) is 0. The van der Waals surface area contributed by atoms with Gasteiger partial charge in [-0.25, -0.2) is 4.79 Å². The predicted octanol–water partition coefficient (Wildman–Crippen LogP) is 2.18. The van der Waals surface area contributed by atoms with Crippen molar-refractivity contribution in [3.8, 4) is 0 Å². The van der Waals surface area contributed by atoms with Crippen molar-refractivity contribution < 1.29 is 19.1 Å². The second kappa shape index (κ2) is 17.4. The van der Waals surface area contributed by atoms with Gasteiger partial charge in [-0.3, -0.25) is 14.6 Å². The van der Waals surface area contributed by atoms with Gasteiger partial charge in [0.25, 0.3) is 0 Å². The first kappa shape index (κ1) is 28.9. The van der Waals surface area contributed by atoms with E-state index in [1.807, 2.05) is 30.3 Å². The highest BCUT2D eigenvalue weighted by Crippen LogP contribution is 2.08. The number of benzene rings is 1. The fraction of sp³-hybridized carbons (Fsp3) is 0.600. The van der Waals surface area contributed by atoms with Crippen LogP contribution in [0.3, 0.4) is 0 Å². The second-order valence-corrected chi connectivity index (χ2v) is 8.39. The van der Waals surface area contributed by atoms with Gasteiger partial charge >= 0.3 is 5.97 Å². The zero-order chi connectivity index (χ0) is 25.2. The lowest BCUT2D eigenvalue weighted by Crippen LogP contribution is -2.52. The number of hydrogen-bond donors (Lipinski definition) is 4. The number of nitrogens with two attached hydrogens (primary N) is 2. The van der Waals surface area contributed by atoms with Crippen LogP contribution < -0.4 is 22.1 Å². The molecule has 0 spiro atoms. The number of rotatable bonds is 17. The number of hydrogen-bond acceptors (Lipinski definition) is 5. The summed E-state index contributed by atoms with van der Waals surface area (Å²) in [5, 5.41) is 5.43. The molecular formula is C25H41N5O4. The molecule has 0 saturated heterocycles. The van der Waals surface area contributed by atoms with Gasteiger partial charge in [0, 0.05) is 19.9 Å². The third-order valence-electron chi connectivity index (χ3n) is 5.27. The minimum Gasteiger partial charge on any atom is -0.464 e. The zero-order valence-corrected chi connectivity index (χ0v) is 20.6. The van der Waals surface area contributed by atoms with Crippen LogP contribution in [0.5, 0.6) is 0 Å². The fourth-order valence-corrected chi connectivity index (χ4v) is 3.49. The monoisotopic (exact) mass is 475 g/mol. The van der Waals surface area contributed by atoms with Crippen LogP contribution in [-0.4, -0.2) is 49.0 Å². The molecule has 0 radical (unpaired) electrons. The smallest absolute Gasteiger partial charge is 0.328 e. The standard InChI is InChI=1S/C25H41N5O4/c1-3-4-5-6-7-11-17-34-24(33)21(15-12-16-28-25(26)27)30-23(32)22(29-19(2)31)18-20-13-9-8-10-14-20/h8-10,13-14,21-22H,3-7,11-12,15-18H2,1-2H3,(H,29,31)(H,30,32)(H4,26,27,28)/t21-,22-/m0/s1. The van der Waals surface area contributed by atoms with Crippen LogP contribution in [0.2, 0.25) is 0 Å². The average molecular weight is 476 g/mol. The topological polar surface area (TPSA) is 149 Å². The first-order valence-corrected chi connectivity index (χ1v) is 12.2. The summed E-state index contributed by atoms with van der Waals surface area (Å²) in [6.07, 6.45) is 7.57. The number of aliphatic imine (C=N–C) groups is 1. The van der Waals surface area contributed by atoms with Crippen molar-refractivity contribution in [1.82, 2.24) is 10.6 Å². The molecule has 0 saturated carbocycles. The number of nitrogens with one attached hydrogen (secondary N) is 2. The van der Waals surface area contributed by atoms with E-state index in [0.29, 0.717) is 32.4 Å². The van der Waals surface area contributed by atoms with E-state index in [0.717, 1.165) is 24.8 Å². The van der Waals surface area contributed by atoms with Gasteiger partial charge < -0.3 is 26.8 Å². The van der Waals surface area contributed by atoms with Crippen LogP contribution in [0.25, 0.3) is 0 Å². The maximum atomic E-state index is 13.0. The number of amides is 2. The Morgan fingerprint density at radius 2 is 1.62 bits per heavy atom. The zero-order valence-electron chi connectivity index (χ0n) is 20.6. The average Bonchev–Trinajstić information content (AvgIpc) is 2.80. The molecule has 0 bridgehead atoms. The van der Waals surface area contributed by atoms with E-state index in [4.69, 9.17) is 16.2 Å². The van der Waals surface area contributed by atoms with E-state index in [-0.39, 0.29) is 11.9 Å². The summed E-state index contributed by atoms with van der Waals surface area (Å²) in [6.45, 7) is 4.16. The Morgan fingerprint density at radius 3 is 2.26 bits per heavy atom. The van der Waals surface area contributed by atoms with Gasteiger partial charge in [0.2, 0.25) is 11.8 Å². The molecular weight excluding hydrogens is 434 g/mol. The summed E-state index contributed by atoms with van der Waals surface area (Å²) in [6, 6.07) is 7.70. The highest BCUT2D eigenvalue weighted by atomic mass is 16.5. The minimum absolute atomic E-state index is 0.0279. The SMILES string of the molecule is CCCCCCCCOC(=O)[C@H](CCCN=C(N)N)NC(=O)[C@H](Cc1ccccc1)NC(C)=O. The molecule has 34 heavy (non-hydrogen) atoms. The molecule has 2 amide bonds. The van der Waals surface area contributed by atoms with Crippen molar-refractivity contribution in [3.05, 3.63) is 35.9 Å². The summed E-state index contributed by atoms with van der Waals surface area (Å²) in [4.78, 5) is 41.4. The van der Waals surface area contributed by atoms with Crippen LogP contribution in [-0.2, 0) is 25.5 Å². The summed E-state index contributed by atoms with van der Waals surface area (Å²) >= 11 is 0. The molecule has 9 heteroatoms. The summed E-state index contributed by atoms with van der Waals surface area (Å²) in [5.74, 6) is -1.29. The minimum atomic E-state index is -0.853. The first-order chi connectivity index (χ1) is 16.3. The third-order valence-corrected chi connectivity index (χ3v) is 5.27. The van der Waals surface area contributed by atoms with E-state index in [1.165, 1.54) is 26.2 Å². The molecule has 0 unspecified atom stereocenters. The molecule has 0 heterocycles. The Hall–Kier alpha value is -3.10. The van der Waals surface area contributed by atoms with E-state index in [1.54, 1.807) is 0 Å². The normalized spacial score (nSPS) is 12.3. The highest BCUT2D eigenvalue weighted by Gasteiger charge is 2.27. The summed E-state index contributed by atoms with van der Waals surface area (Å²) in [5.41, 5.74) is 11.6. The van der Waals surface area contributed by atoms with Crippen molar-refractivity contribution in [3.63, 3.8) is 0 Å². The van der Waals surface area contributed by atoms with Gasteiger partial charge in [-0.2, -0.15) is 0 Å². The Bertz CT molecular complexity index is 766. The van der Waals surface area contributed by atoms with Crippen molar-refractivity contribution in [2.45, 2.75) is 83.7 Å². The van der Waals surface area contributed by atoms with Crippen LogP contribution in [0.15, 0.2) is 35.3 Å². The molecule has 2 atom stereocenters. The number of unbranched alkanes of at least 4 members (excludes halogenated alkanes) is 5. The van der Waals surface area contributed by atoms with Crippen molar-refractivity contribution in [1.29, 1.82) is 0 Å². The van der Waals surface area contributed by atoms with Gasteiger partial charge in [0.05, 0.1) is 6.61 Å². The molecule has 0 fully saturated rings. The number of ether oxygens (including phenoxy) is 1. The fourth-order valence-electron chi connectivity index (χ4n) is 3.49. The van der Waals surface area contributed by atoms with Gasteiger partial charge in [-0.1, -0.05) is 69.4 Å². The lowest BCUT2D eigenvalue weighted by atomic mass is 10.0. The highest BCUT2D eigenvalue weighted by molar-refractivity contribution is 5.90. The molecule has 9 nitrogen and oxygen atoms in total. The van der Waals surface area contributed by atoms with Gasteiger partial charge in [0.1, 0.15) is 12.1 Å². The van der Waals surface area contributed by atoms with E-state index in [2.05, 4.69) is 22.5 Å². The molecule has 0 aliphatic heterocycles. The molecule has 0 aliphatic carbocycles. The van der Waals surface area contributed by atoms with Gasteiger partial charge in [-0.05, 0) is 24.8 Å². The lowest BCUT2D eigenvalue weighted by Gasteiger charge is -2.22. The molecule has 6 N–H and O–H groups in total. The number of nitrogens with zero attached hydrogens (tertiary/aromatic N) is 1. The molecule has 0 aliphatic rings. The van der Waals surface area contributed by atoms with Crippen molar-refractivity contribution in [2.75, 3.05) is 13.2 Å². The molecule has 1 aromatic rings. The largest absolute Gasteiger partial charge is 0.464 e. The van der Waals surface area contributed by atoms with Crippen LogP contribution >= 0.6 is 0 Å². The number of esters is 1. The van der Waals surface area contributed by atoms with Crippen molar-refractivity contribution >= 4 is 23.7 Å². The van der Waals surface area contributed by atoms with E-state index in [9.17, 15) is 14.4 Å². The van der Waals surface area contributed by atoms with Gasteiger partial charge in [-0.15, -0.1) is 0 Å². The quantitative estimate of drug-likeness (QED) is 0.117. The van der Waals surface area contributed by atoms with Crippen LogP contribution in [0.4, 0.5) is 0 Å². The Morgan fingerprint density at radius 1 is 0.941 bits per heavy atom. The second-order valence-electron chi connectivity index (χ2n) is 8.39. The van der Waals surface area contributed by atoms with Crippen LogP contribution in [0, 0.1) is 0 Å². The lowest BCUT2D eigenvalue weighted by molar-refractivity contribution is -0.148. The molecule has 1 rings (SSSR count). The molecule has 0 aromatic heterocycles. The summed E-state index contributed by atoms with van der Waals surface area (Å²) < 4.78 is 5.44. The number of guanidine groups is 1.